The lowest BCUT2D eigenvalue weighted by Crippen LogP contribution is -2.34. The molecule has 0 spiro atoms. The molecular formula is C12H19N3O2. The minimum Gasteiger partial charge on any atom is -0.481 e. The summed E-state index contributed by atoms with van der Waals surface area (Å²) >= 11 is 0. The second kappa shape index (κ2) is 6.85. The average molecular weight is 237 g/mol. The van der Waals surface area contributed by atoms with E-state index in [1.54, 1.807) is 19.4 Å². The van der Waals surface area contributed by atoms with E-state index in [1.807, 2.05) is 13.0 Å². The van der Waals surface area contributed by atoms with Gasteiger partial charge in [-0.05, 0) is 12.0 Å². The number of aromatic nitrogens is 1. The van der Waals surface area contributed by atoms with Crippen LogP contribution in [0.25, 0.3) is 0 Å². The molecule has 0 aliphatic carbocycles. The Morgan fingerprint density at radius 3 is 2.82 bits per heavy atom. The maximum absolute atomic E-state index is 11.7. The van der Waals surface area contributed by atoms with E-state index in [9.17, 15) is 4.79 Å². The molecule has 1 aromatic rings. The van der Waals surface area contributed by atoms with Crippen LogP contribution >= 0.6 is 0 Å². The highest BCUT2D eigenvalue weighted by Crippen LogP contribution is 2.07. The second-order valence-electron chi connectivity index (χ2n) is 3.77. The Labute approximate surface area is 101 Å². The van der Waals surface area contributed by atoms with Crippen LogP contribution in [0, 0.1) is 5.92 Å². The van der Waals surface area contributed by atoms with Gasteiger partial charge in [0.15, 0.2) is 0 Å². The quantitative estimate of drug-likeness (QED) is 0.763. The largest absolute Gasteiger partial charge is 0.481 e. The standard InChI is InChI=1S/C12H19N3O2/c1-3-10(6-13)12(16)15-8-9-4-5-11(17-2)14-7-9/h4-5,7,10H,3,6,8,13H2,1-2H3,(H,15,16). The maximum Gasteiger partial charge on any atom is 0.224 e. The number of nitrogens with zero attached hydrogens (tertiary/aromatic N) is 1. The first-order valence-corrected chi connectivity index (χ1v) is 5.68. The van der Waals surface area contributed by atoms with Crippen LogP contribution < -0.4 is 15.8 Å². The summed E-state index contributed by atoms with van der Waals surface area (Å²) in [5.74, 6) is 0.445. The third-order valence-corrected chi connectivity index (χ3v) is 2.62. The molecule has 0 saturated carbocycles. The van der Waals surface area contributed by atoms with Crippen LogP contribution in [0.2, 0.25) is 0 Å². The van der Waals surface area contributed by atoms with E-state index in [0.29, 0.717) is 19.0 Å². The van der Waals surface area contributed by atoms with Crippen molar-refractivity contribution in [1.29, 1.82) is 0 Å². The maximum atomic E-state index is 11.7. The smallest absolute Gasteiger partial charge is 0.224 e. The molecule has 1 rings (SSSR count). The second-order valence-corrected chi connectivity index (χ2v) is 3.77. The highest BCUT2D eigenvalue weighted by molar-refractivity contribution is 5.78. The lowest BCUT2D eigenvalue weighted by Gasteiger charge is -2.12. The van der Waals surface area contributed by atoms with Gasteiger partial charge in [-0.15, -0.1) is 0 Å². The molecular weight excluding hydrogens is 218 g/mol. The Morgan fingerprint density at radius 2 is 2.35 bits per heavy atom. The number of rotatable bonds is 6. The summed E-state index contributed by atoms with van der Waals surface area (Å²) in [7, 11) is 1.57. The summed E-state index contributed by atoms with van der Waals surface area (Å²) in [5, 5.41) is 2.84. The van der Waals surface area contributed by atoms with Crippen LogP contribution in [0.4, 0.5) is 0 Å². The summed E-state index contributed by atoms with van der Waals surface area (Å²) in [6.07, 6.45) is 2.44. The number of hydrogen-bond acceptors (Lipinski definition) is 4. The van der Waals surface area contributed by atoms with Gasteiger partial charge in [-0.3, -0.25) is 4.79 Å². The van der Waals surface area contributed by atoms with Gasteiger partial charge in [0.25, 0.3) is 0 Å². The van der Waals surface area contributed by atoms with Gasteiger partial charge in [-0.25, -0.2) is 4.98 Å². The van der Waals surface area contributed by atoms with Gasteiger partial charge >= 0.3 is 0 Å². The number of amides is 1. The molecule has 17 heavy (non-hydrogen) atoms. The van der Waals surface area contributed by atoms with Crippen LogP contribution in [0.3, 0.4) is 0 Å². The summed E-state index contributed by atoms with van der Waals surface area (Å²) in [4.78, 5) is 15.7. The lowest BCUT2D eigenvalue weighted by atomic mass is 10.1. The molecule has 3 N–H and O–H groups in total. The van der Waals surface area contributed by atoms with Gasteiger partial charge in [0.2, 0.25) is 11.8 Å². The summed E-state index contributed by atoms with van der Waals surface area (Å²) in [6, 6.07) is 3.64. The van der Waals surface area contributed by atoms with Gasteiger partial charge < -0.3 is 15.8 Å². The molecule has 0 radical (unpaired) electrons. The monoisotopic (exact) mass is 237 g/mol. The van der Waals surface area contributed by atoms with E-state index in [-0.39, 0.29) is 11.8 Å². The average Bonchev–Trinajstić information content (AvgIpc) is 2.38. The number of pyridine rings is 1. The molecule has 1 amide bonds. The minimum atomic E-state index is -0.110. The number of nitrogens with one attached hydrogen (secondary N) is 1. The van der Waals surface area contributed by atoms with Gasteiger partial charge in [-0.2, -0.15) is 0 Å². The summed E-state index contributed by atoms with van der Waals surface area (Å²) in [6.45, 7) is 2.79. The molecule has 94 valence electrons. The van der Waals surface area contributed by atoms with Crippen molar-refractivity contribution in [1.82, 2.24) is 10.3 Å². The minimum absolute atomic E-state index is 0.00850. The third kappa shape index (κ3) is 4.03. The normalized spacial score (nSPS) is 11.9. The van der Waals surface area contributed by atoms with Crippen LogP contribution in [0.1, 0.15) is 18.9 Å². The van der Waals surface area contributed by atoms with Crippen molar-refractivity contribution in [3.8, 4) is 5.88 Å². The SMILES string of the molecule is CCC(CN)C(=O)NCc1ccc(OC)nc1. The fourth-order valence-electron chi connectivity index (χ4n) is 1.43. The van der Waals surface area contributed by atoms with Crippen molar-refractivity contribution in [2.75, 3.05) is 13.7 Å². The van der Waals surface area contributed by atoms with E-state index in [0.717, 1.165) is 12.0 Å². The van der Waals surface area contributed by atoms with Crippen LogP contribution in [-0.4, -0.2) is 24.5 Å². The fourth-order valence-corrected chi connectivity index (χ4v) is 1.43. The number of ether oxygens (including phenoxy) is 1. The lowest BCUT2D eigenvalue weighted by molar-refractivity contribution is -0.124. The van der Waals surface area contributed by atoms with Crippen molar-refractivity contribution >= 4 is 5.91 Å². The highest BCUT2D eigenvalue weighted by Gasteiger charge is 2.13. The van der Waals surface area contributed by atoms with E-state index in [2.05, 4.69) is 10.3 Å². The molecule has 0 bridgehead atoms. The number of carbonyl (C=O) groups excluding carboxylic acids is 1. The number of hydrogen-bond donors (Lipinski definition) is 2. The Balaban J connectivity index is 2.46. The predicted octanol–water partition coefficient (Wildman–Crippen LogP) is 0.691. The number of carbonyl (C=O) groups is 1. The molecule has 0 aliphatic heterocycles. The van der Waals surface area contributed by atoms with Gasteiger partial charge in [0.1, 0.15) is 0 Å². The van der Waals surface area contributed by atoms with Crippen molar-refractivity contribution in [3.63, 3.8) is 0 Å². The first kappa shape index (κ1) is 13.4. The number of nitrogens with two attached hydrogens (primary N) is 1. The van der Waals surface area contributed by atoms with Gasteiger partial charge in [0, 0.05) is 31.3 Å². The van der Waals surface area contributed by atoms with Crippen LogP contribution in [-0.2, 0) is 11.3 Å². The molecule has 1 heterocycles. The Kier molecular flexibility index (Phi) is 5.42. The van der Waals surface area contributed by atoms with E-state index in [1.165, 1.54) is 0 Å². The number of methoxy groups -OCH3 is 1. The molecule has 1 unspecified atom stereocenters. The first-order chi connectivity index (χ1) is 8.21. The zero-order valence-corrected chi connectivity index (χ0v) is 10.3. The van der Waals surface area contributed by atoms with Crippen LogP contribution in [0.15, 0.2) is 18.3 Å². The Morgan fingerprint density at radius 1 is 1.59 bits per heavy atom. The predicted molar refractivity (Wildman–Crippen MR) is 65.5 cm³/mol. The molecule has 0 aromatic carbocycles. The Bertz CT molecular complexity index is 347. The molecule has 0 fully saturated rings. The van der Waals surface area contributed by atoms with E-state index < -0.39 is 0 Å². The van der Waals surface area contributed by atoms with Gasteiger partial charge in [-0.1, -0.05) is 13.0 Å². The van der Waals surface area contributed by atoms with Gasteiger partial charge in [0.05, 0.1) is 7.11 Å². The van der Waals surface area contributed by atoms with Crippen molar-refractivity contribution in [2.45, 2.75) is 19.9 Å². The van der Waals surface area contributed by atoms with Crippen LogP contribution in [0.5, 0.6) is 5.88 Å². The fraction of sp³-hybridized carbons (Fsp3) is 0.500. The Hall–Kier alpha value is -1.62. The zero-order chi connectivity index (χ0) is 12.7. The van der Waals surface area contributed by atoms with Crippen molar-refractivity contribution < 1.29 is 9.53 Å². The first-order valence-electron chi connectivity index (χ1n) is 5.68. The summed E-state index contributed by atoms with van der Waals surface area (Å²) in [5.41, 5.74) is 6.44. The molecule has 5 nitrogen and oxygen atoms in total. The third-order valence-electron chi connectivity index (χ3n) is 2.62. The molecule has 1 atom stereocenters. The van der Waals surface area contributed by atoms with E-state index in [4.69, 9.17) is 10.5 Å². The molecule has 0 saturated heterocycles. The zero-order valence-electron chi connectivity index (χ0n) is 10.3. The molecule has 1 aromatic heterocycles. The molecule has 0 aliphatic rings. The van der Waals surface area contributed by atoms with Crippen molar-refractivity contribution in [3.05, 3.63) is 23.9 Å². The summed E-state index contributed by atoms with van der Waals surface area (Å²) < 4.78 is 4.95. The highest BCUT2D eigenvalue weighted by atomic mass is 16.5. The van der Waals surface area contributed by atoms with Crippen molar-refractivity contribution in [2.24, 2.45) is 11.7 Å². The molecule has 5 heteroatoms. The topological polar surface area (TPSA) is 77.2 Å². The van der Waals surface area contributed by atoms with E-state index >= 15 is 0 Å².